The van der Waals surface area contributed by atoms with Crippen molar-refractivity contribution < 1.29 is 33.0 Å². The van der Waals surface area contributed by atoms with Gasteiger partial charge in [-0.25, -0.2) is 9.79 Å². The Morgan fingerprint density at radius 3 is 2.63 bits per heavy atom. The van der Waals surface area contributed by atoms with Gasteiger partial charge in [-0.3, -0.25) is 4.79 Å². The normalized spacial score (nSPS) is 15.9. The summed E-state index contributed by atoms with van der Waals surface area (Å²) in [7, 11) is 3.12. The molecule has 3 aromatic rings. The van der Waals surface area contributed by atoms with E-state index in [1.54, 1.807) is 39.5 Å². The van der Waals surface area contributed by atoms with E-state index in [1.165, 1.54) is 11.8 Å². The molecular weight excluding hydrogens is 570 g/mol. The van der Waals surface area contributed by atoms with Gasteiger partial charge in [-0.05, 0) is 47.7 Å². The zero-order valence-electron chi connectivity index (χ0n) is 24.2. The standard InChI is InChI=1S/C32H33N3O7S/c1-21-29(31(37)41-15-14-38-2)30(23-11-12-26(27(16-23)39-3)42-19-22-8-5-4-6-9-22)35-24(20-43-32(35)34-21)17-28(36)33-18-25-10-7-13-40-25/h4-13,16,20,30H,14-15,17-19H2,1-3H3,(H,33,36). The minimum absolute atomic E-state index is 0.0731. The highest BCUT2D eigenvalue weighted by Crippen LogP contribution is 2.46. The fraction of sp³-hybridized carbons (Fsp3) is 0.281. The minimum atomic E-state index is -0.626. The lowest BCUT2D eigenvalue weighted by Crippen LogP contribution is -2.38. The van der Waals surface area contributed by atoms with E-state index >= 15 is 0 Å². The molecule has 1 unspecified atom stereocenters. The first-order valence-electron chi connectivity index (χ1n) is 13.7. The highest BCUT2D eigenvalue weighted by Gasteiger charge is 2.41. The number of allylic oxidation sites excluding steroid dienone is 1. The molecule has 1 amide bonds. The number of methoxy groups -OCH3 is 2. The van der Waals surface area contributed by atoms with Crippen molar-refractivity contribution in [2.75, 3.05) is 27.4 Å². The van der Waals surface area contributed by atoms with Crippen molar-refractivity contribution in [3.63, 3.8) is 0 Å². The summed E-state index contributed by atoms with van der Waals surface area (Å²) < 4.78 is 27.8. The van der Waals surface area contributed by atoms with Crippen LogP contribution in [0, 0.1) is 0 Å². The third kappa shape index (κ3) is 7.12. The van der Waals surface area contributed by atoms with Crippen LogP contribution < -0.4 is 14.8 Å². The Hall–Kier alpha value is -4.48. The van der Waals surface area contributed by atoms with E-state index in [1.807, 2.05) is 58.8 Å². The molecule has 2 aliphatic heterocycles. The summed E-state index contributed by atoms with van der Waals surface area (Å²) in [6.45, 7) is 2.79. The van der Waals surface area contributed by atoms with Crippen LogP contribution in [0.25, 0.3) is 0 Å². The second-order valence-corrected chi connectivity index (χ2v) is 10.6. The highest BCUT2D eigenvalue weighted by atomic mass is 32.2. The molecule has 0 spiro atoms. The van der Waals surface area contributed by atoms with Gasteiger partial charge in [0.2, 0.25) is 5.91 Å². The number of carbonyl (C=O) groups is 2. The second kappa shape index (κ2) is 14.1. The predicted octanol–water partition coefficient (Wildman–Crippen LogP) is 5.34. The van der Waals surface area contributed by atoms with E-state index in [0.29, 0.717) is 46.0 Å². The molecule has 224 valence electrons. The maximum atomic E-state index is 13.5. The lowest BCUT2D eigenvalue weighted by Gasteiger charge is -2.36. The average molecular weight is 604 g/mol. The van der Waals surface area contributed by atoms with Crippen molar-refractivity contribution in [3.05, 3.63) is 106 Å². The molecule has 43 heavy (non-hydrogen) atoms. The van der Waals surface area contributed by atoms with Gasteiger partial charge in [0.1, 0.15) is 19.0 Å². The van der Waals surface area contributed by atoms with Gasteiger partial charge in [0.15, 0.2) is 16.7 Å². The highest BCUT2D eigenvalue weighted by molar-refractivity contribution is 8.16. The van der Waals surface area contributed by atoms with Gasteiger partial charge in [-0.1, -0.05) is 48.2 Å². The molecule has 1 N–H and O–H groups in total. The SMILES string of the molecule is COCCOC(=O)C1=C(C)N=C2SC=C(CC(=O)NCc3ccco3)N2C1c1ccc(OCc2ccccc2)c(OC)c1. The van der Waals surface area contributed by atoms with E-state index in [-0.39, 0.29) is 32.1 Å². The van der Waals surface area contributed by atoms with Crippen LogP contribution in [0.1, 0.15) is 36.3 Å². The molecule has 0 fully saturated rings. The number of fused-ring (bicyclic) bond motifs is 1. The molecule has 0 saturated carbocycles. The summed E-state index contributed by atoms with van der Waals surface area (Å²) in [5.74, 6) is 1.03. The Morgan fingerprint density at radius 1 is 1.05 bits per heavy atom. The van der Waals surface area contributed by atoms with Crippen molar-refractivity contribution in [1.82, 2.24) is 10.2 Å². The Bertz CT molecular complexity index is 1530. The first-order valence-corrected chi connectivity index (χ1v) is 14.6. The number of aliphatic imine (C=N–C) groups is 1. The van der Waals surface area contributed by atoms with Crippen LogP contribution in [0.4, 0.5) is 0 Å². The number of ether oxygens (including phenoxy) is 4. The number of amides is 1. The van der Waals surface area contributed by atoms with Crippen LogP contribution >= 0.6 is 11.8 Å². The number of esters is 1. The lowest BCUT2D eigenvalue weighted by atomic mass is 9.93. The smallest absolute Gasteiger partial charge is 0.338 e. The van der Waals surface area contributed by atoms with Crippen LogP contribution in [0.2, 0.25) is 0 Å². The number of benzene rings is 2. The van der Waals surface area contributed by atoms with Crippen LogP contribution in [0.5, 0.6) is 11.5 Å². The molecule has 1 atom stereocenters. The maximum absolute atomic E-state index is 13.5. The van der Waals surface area contributed by atoms with Crippen LogP contribution in [-0.2, 0) is 32.2 Å². The van der Waals surface area contributed by atoms with E-state index in [4.69, 9.17) is 28.4 Å². The molecule has 0 radical (unpaired) electrons. The number of hydrogen-bond donors (Lipinski definition) is 1. The zero-order chi connectivity index (χ0) is 30.2. The number of amidine groups is 1. The zero-order valence-corrected chi connectivity index (χ0v) is 25.0. The minimum Gasteiger partial charge on any atom is -0.493 e. The van der Waals surface area contributed by atoms with Crippen molar-refractivity contribution in [2.24, 2.45) is 4.99 Å². The van der Waals surface area contributed by atoms with Gasteiger partial charge in [0.25, 0.3) is 0 Å². The number of thioether (sulfide) groups is 1. The van der Waals surface area contributed by atoms with Gasteiger partial charge in [0, 0.05) is 12.8 Å². The van der Waals surface area contributed by atoms with E-state index in [2.05, 4.69) is 5.32 Å². The molecule has 0 saturated heterocycles. The molecule has 0 aliphatic carbocycles. The third-order valence-corrected chi connectivity index (χ3v) is 7.75. The third-order valence-electron chi connectivity index (χ3n) is 6.86. The maximum Gasteiger partial charge on any atom is 0.338 e. The van der Waals surface area contributed by atoms with Crippen molar-refractivity contribution in [2.45, 2.75) is 32.5 Å². The molecular formula is C32H33N3O7S. The first-order chi connectivity index (χ1) is 21.0. The Kier molecular flexibility index (Phi) is 9.85. The van der Waals surface area contributed by atoms with E-state index in [0.717, 1.165) is 11.1 Å². The van der Waals surface area contributed by atoms with Crippen molar-refractivity contribution in [3.8, 4) is 11.5 Å². The van der Waals surface area contributed by atoms with E-state index < -0.39 is 12.0 Å². The number of nitrogens with zero attached hydrogens (tertiary/aromatic N) is 2. The fourth-order valence-electron chi connectivity index (χ4n) is 4.78. The molecule has 5 rings (SSSR count). The van der Waals surface area contributed by atoms with Gasteiger partial charge in [0.05, 0.1) is 50.3 Å². The van der Waals surface area contributed by atoms with E-state index in [9.17, 15) is 9.59 Å². The summed E-state index contributed by atoms with van der Waals surface area (Å²) in [6.07, 6.45) is 1.64. The Labute approximate surface area is 254 Å². The van der Waals surface area contributed by atoms with Crippen LogP contribution in [0.15, 0.2) is 98.7 Å². The molecule has 0 bridgehead atoms. The largest absolute Gasteiger partial charge is 0.493 e. The van der Waals surface area contributed by atoms with Gasteiger partial charge >= 0.3 is 5.97 Å². The molecule has 10 nitrogen and oxygen atoms in total. The summed E-state index contributed by atoms with van der Waals surface area (Å²) in [5, 5.41) is 5.44. The van der Waals surface area contributed by atoms with Crippen molar-refractivity contribution >= 4 is 28.8 Å². The number of rotatable bonds is 13. The Balaban J connectivity index is 1.44. The van der Waals surface area contributed by atoms with Gasteiger partial charge < -0.3 is 33.6 Å². The average Bonchev–Trinajstić information content (AvgIpc) is 3.69. The van der Waals surface area contributed by atoms with Crippen molar-refractivity contribution in [1.29, 1.82) is 0 Å². The predicted molar refractivity (Wildman–Crippen MR) is 162 cm³/mol. The summed E-state index contributed by atoms with van der Waals surface area (Å²) in [5.41, 5.74) is 3.37. The van der Waals surface area contributed by atoms with Crippen LogP contribution in [0.3, 0.4) is 0 Å². The molecule has 3 heterocycles. The molecule has 11 heteroatoms. The lowest BCUT2D eigenvalue weighted by molar-refractivity contribution is -0.141. The molecule has 1 aromatic heterocycles. The number of nitrogens with one attached hydrogen (secondary N) is 1. The van der Waals surface area contributed by atoms with Gasteiger partial charge in [-0.15, -0.1) is 0 Å². The van der Waals surface area contributed by atoms with Gasteiger partial charge in [-0.2, -0.15) is 0 Å². The van der Waals surface area contributed by atoms with Crippen LogP contribution in [-0.4, -0.2) is 49.4 Å². The number of carbonyl (C=O) groups excluding carboxylic acids is 2. The monoisotopic (exact) mass is 603 g/mol. The molecule has 2 aromatic carbocycles. The quantitative estimate of drug-likeness (QED) is 0.204. The summed E-state index contributed by atoms with van der Waals surface area (Å²) in [6, 6.07) is 18.4. The number of hydrogen-bond acceptors (Lipinski definition) is 10. The summed E-state index contributed by atoms with van der Waals surface area (Å²) in [4.78, 5) is 33.1. The fourth-order valence-corrected chi connectivity index (χ4v) is 5.74. The molecule has 2 aliphatic rings. The first kappa shape index (κ1) is 30.0. The number of furan rings is 1. The topological polar surface area (TPSA) is 112 Å². The second-order valence-electron chi connectivity index (χ2n) is 9.74. The summed E-state index contributed by atoms with van der Waals surface area (Å²) >= 11 is 1.40. The Morgan fingerprint density at radius 2 is 1.88 bits per heavy atom.